The molecule has 6 heteroatoms. The first-order chi connectivity index (χ1) is 12.0. The molecule has 25 heavy (non-hydrogen) atoms. The van der Waals surface area contributed by atoms with E-state index in [4.69, 9.17) is 11.6 Å². The lowest BCUT2D eigenvalue weighted by atomic mass is 9.95. The van der Waals surface area contributed by atoms with Gasteiger partial charge < -0.3 is 9.80 Å². The van der Waals surface area contributed by atoms with Crippen molar-refractivity contribution in [3.63, 3.8) is 0 Å². The predicted molar refractivity (Wildman–Crippen MR) is 103 cm³/mol. The fourth-order valence-corrected chi connectivity index (χ4v) is 5.27. The third-order valence-corrected chi connectivity index (χ3v) is 6.86. The molecule has 136 valence electrons. The largest absolute Gasteiger partial charge is 0.343 e. The molecule has 0 aliphatic carbocycles. The van der Waals surface area contributed by atoms with Crippen molar-refractivity contribution in [2.75, 3.05) is 19.6 Å². The van der Waals surface area contributed by atoms with Gasteiger partial charge >= 0.3 is 0 Å². The highest BCUT2D eigenvalue weighted by atomic mass is 35.5. The summed E-state index contributed by atoms with van der Waals surface area (Å²) in [7, 11) is 0. The highest BCUT2D eigenvalue weighted by Gasteiger charge is 2.40. The molecule has 0 spiro atoms. The first-order valence-corrected chi connectivity index (χ1v) is 10.3. The minimum absolute atomic E-state index is 0.00787. The standard InChI is InChI=1S/C19H25ClN2O2S/c1-3-17(23)21-10-8-14(9-11-21)12-22-18(24)13(2)25-19(22)15-6-4-5-7-16(15)20/h4-7,13-14,19H,3,8-12H2,1-2H3/t13-,19+/m0/s1. The van der Waals surface area contributed by atoms with Gasteiger partial charge in [-0.1, -0.05) is 36.7 Å². The minimum Gasteiger partial charge on any atom is -0.343 e. The molecule has 2 heterocycles. The topological polar surface area (TPSA) is 40.6 Å². The van der Waals surface area contributed by atoms with Gasteiger partial charge in [0.2, 0.25) is 11.8 Å². The molecule has 0 bridgehead atoms. The summed E-state index contributed by atoms with van der Waals surface area (Å²) in [6.45, 7) is 6.24. The lowest BCUT2D eigenvalue weighted by Gasteiger charge is -2.35. The summed E-state index contributed by atoms with van der Waals surface area (Å²) in [4.78, 5) is 28.5. The maximum Gasteiger partial charge on any atom is 0.236 e. The van der Waals surface area contributed by atoms with Crippen LogP contribution in [0.2, 0.25) is 5.02 Å². The summed E-state index contributed by atoms with van der Waals surface area (Å²) in [5, 5.41) is 0.671. The normalized spacial score (nSPS) is 24.8. The lowest BCUT2D eigenvalue weighted by Crippen LogP contribution is -2.42. The Kier molecular flexibility index (Phi) is 5.95. The van der Waals surface area contributed by atoms with Crippen molar-refractivity contribution in [3.8, 4) is 0 Å². The van der Waals surface area contributed by atoms with Crippen LogP contribution in [0.25, 0.3) is 0 Å². The van der Waals surface area contributed by atoms with E-state index in [1.54, 1.807) is 11.8 Å². The number of piperidine rings is 1. The number of amides is 2. The molecule has 0 aromatic heterocycles. The minimum atomic E-state index is -0.0389. The molecule has 0 unspecified atom stereocenters. The van der Waals surface area contributed by atoms with Crippen molar-refractivity contribution >= 4 is 35.2 Å². The third kappa shape index (κ3) is 3.98. The van der Waals surface area contributed by atoms with Crippen LogP contribution in [0.3, 0.4) is 0 Å². The number of hydrogen-bond acceptors (Lipinski definition) is 3. The maximum atomic E-state index is 12.7. The van der Waals surface area contributed by atoms with Gasteiger partial charge in [0.15, 0.2) is 0 Å². The van der Waals surface area contributed by atoms with E-state index in [9.17, 15) is 9.59 Å². The Labute approximate surface area is 158 Å². The maximum absolute atomic E-state index is 12.7. The number of rotatable bonds is 4. The molecule has 2 fully saturated rings. The quantitative estimate of drug-likeness (QED) is 0.794. The molecule has 4 nitrogen and oxygen atoms in total. The van der Waals surface area contributed by atoms with E-state index in [0.29, 0.717) is 12.3 Å². The Balaban J connectivity index is 1.69. The van der Waals surface area contributed by atoms with Gasteiger partial charge in [-0.15, -0.1) is 11.8 Å². The van der Waals surface area contributed by atoms with Crippen LogP contribution in [-0.4, -0.2) is 46.5 Å². The van der Waals surface area contributed by atoms with Crippen LogP contribution in [0.15, 0.2) is 24.3 Å². The summed E-state index contributed by atoms with van der Waals surface area (Å²) in [5.41, 5.74) is 1.02. The van der Waals surface area contributed by atoms with Crippen LogP contribution >= 0.6 is 23.4 Å². The third-order valence-electron chi connectivity index (χ3n) is 5.14. The molecule has 0 saturated carbocycles. The van der Waals surface area contributed by atoms with Gasteiger partial charge in [0.1, 0.15) is 5.37 Å². The van der Waals surface area contributed by atoms with E-state index in [2.05, 4.69) is 0 Å². The number of likely N-dealkylation sites (tertiary alicyclic amines) is 1. The molecule has 1 aromatic rings. The average Bonchev–Trinajstić information content (AvgIpc) is 2.90. The number of carbonyl (C=O) groups is 2. The molecule has 0 N–H and O–H groups in total. The molecule has 2 saturated heterocycles. The summed E-state index contributed by atoms with van der Waals surface area (Å²) < 4.78 is 0. The van der Waals surface area contributed by atoms with Crippen LogP contribution in [0.1, 0.15) is 44.0 Å². The monoisotopic (exact) mass is 380 g/mol. The van der Waals surface area contributed by atoms with Crippen LogP contribution < -0.4 is 0 Å². The van der Waals surface area contributed by atoms with Gasteiger partial charge in [0.05, 0.1) is 5.25 Å². The van der Waals surface area contributed by atoms with Crippen molar-refractivity contribution < 1.29 is 9.59 Å². The summed E-state index contributed by atoms with van der Waals surface area (Å²) in [5.74, 6) is 0.872. The van der Waals surface area contributed by atoms with E-state index in [-0.39, 0.29) is 22.4 Å². The van der Waals surface area contributed by atoms with E-state index < -0.39 is 0 Å². The molecule has 1 aromatic carbocycles. The van der Waals surface area contributed by atoms with Gasteiger partial charge in [-0.3, -0.25) is 9.59 Å². The second kappa shape index (κ2) is 8.00. The van der Waals surface area contributed by atoms with Crippen molar-refractivity contribution in [1.29, 1.82) is 0 Å². The van der Waals surface area contributed by atoms with Crippen molar-refractivity contribution in [3.05, 3.63) is 34.9 Å². The molecule has 0 radical (unpaired) electrons. The van der Waals surface area contributed by atoms with Gasteiger partial charge in [-0.05, 0) is 31.7 Å². The zero-order valence-corrected chi connectivity index (χ0v) is 16.4. The lowest BCUT2D eigenvalue weighted by molar-refractivity contribution is -0.134. The van der Waals surface area contributed by atoms with E-state index >= 15 is 0 Å². The molecule has 2 atom stereocenters. The SMILES string of the molecule is CCC(=O)N1CCC(CN2C(=O)[C@H](C)S[C@@H]2c2ccccc2Cl)CC1. The van der Waals surface area contributed by atoms with E-state index in [1.807, 2.05) is 47.9 Å². The smallest absolute Gasteiger partial charge is 0.236 e. The number of benzene rings is 1. The summed E-state index contributed by atoms with van der Waals surface area (Å²) in [6.07, 6.45) is 2.49. The van der Waals surface area contributed by atoms with Gasteiger partial charge in [0, 0.05) is 36.6 Å². The van der Waals surface area contributed by atoms with Crippen molar-refractivity contribution in [2.45, 2.75) is 43.7 Å². The molecule has 3 rings (SSSR count). The van der Waals surface area contributed by atoms with Crippen molar-refractivity contribution in [2.24, 2.45) is 5.92 Å². The highest BCUT2D eigenvalue weighted by Crippen LogP contribution is 2.45. The second-order valence-corrected chi connectivity index (χ2v) is 8.65. The number of nitrogens with zero attached hydrogens (tertiary/aromatic N) is 2. The Hall–Kier alpha value is -1.20. The Bertz CT molecular complexity index is 646. The van der Waals surface area contributed by atoms with Crippen molar-refractivity contribution in [1.82, 2.24) is 9.80 Å². The second-order valence-electron chi connectivity index (χ2n) is 6.82. The molecule has 2 aliphatic heterocycles. The van der Waals surface area contributed by atoms with E-state index in [0.717, 1.165) is 43.1 Å². The first kappa shape index (κ1) is 18.6. The molecule has 2 amide bonds. The number of carbonyl (C=O) groups excluding carboxylic acids is 2. The van der Waals surface area contributed by atoms with Gasteiger partial charge in [-0.2, -0.15) is 0 Å². The highest BCUT2D eigenvalue weighted by molar-refractivity contribution is 8.01. The number of hydrogen-bond donors (Lipinski definition) is 0. The first-order valence-electron chi connectivity index (χ1n) is 8.99. The predicted octanol–water partition coefficient (Wildman–Crippen LogP) is 3.95. The number of thioether (sulfide) groups is 1. The fraction of sp³-hybridized carbons (Fsp3) is 0.579. The zero-order chi connectivity index (χ0) is 18.0. The average molecular weight is 381 g/mol. The number of halogens is 1. The van der Waals surface area contributed by atoms with Crippen LogP contribution in [0.5, 0.6) is 0 Å². The molecular formula is C19H25ClN2O2S. The van der Waals surface area contributed by atoms with Gasteiger partial charge in [-0.25, -0.2) is 0 Å². The van der Waals surface area contributed by atoms with E-state index in [1.165, 1.54) is 0 Å². The summed E-state index contributed by atoms with van der Waals surface area (Å²) >= 11 is 8.06. The van der Waals surface area contributed by atoms with Gasteiger partial charge in [0.25, 0.3) is 0 Å². The van der Waals surface area contributed by atoms with Crippen LogP contribution in [0, 0.1) is 5.92 Å². The fourth-order valence-electron chi connectivity index (χ4n) is 3.64. The molecular weight excluding hydrogens is 356 g/mol. The Morgan fingerprint density at radius 3 is 2.60 bits per heavy atom. The summed E-state index contributed by atoms with van der Waals surface area (Å²) in [6, 6.07) is 7.79. The Morgan fingerprint density at radius 1 is 1.28 bits per heavy atom. The van der Waals surface area contributed by atoms with Crippen LogP contribution in [0.4, 0.5) is 0 Å². The Morgan fingerprint density at radius 2 is 1.96 bits per heavy atom. The molecule has 2 aliphatic rings. The van der Waals surface area contributed by atoms with Crippen LogP contribution in [-0.2, 0) is 9.59 Å². The zero-order valence-electron chi connectivity index (χ0n) is 14.8.